The minimum absolute atomic E-state index is 0.0379. The maximum Gasteiger partial charge on any atom is 0.295 e. The molecule has 0 aromatic heterocycles. The minimum atomic E-state index is -0.783. The SMILES string of the molecule is C=CCOc1cccc(C2/C(=C(/O)c3ccc(OCC)cc3)C(=O)C(=O)N2Cc2ccccc2)c1. The number of Topliss-reactive ketones (excluding diaryl/α,β-unsaturated/α-hetero) is 1. The van der Waals surface area contributed by atoms with Crippen molar-refractivity contribution in [2.24, 2.45) is 0 Å². The number of aliphatic hydroxyl groups excluding tert-OH is 1. The molecule has 0 saturated carbocycles. The molecule has 4 rings (SSSR count). The van der Waals surface area contributed by atoms with Crippen LogP contribution in [0.15, 0.2) is 97.1 Å². The summed E-state index contributed by atoms with van der Waals surface area (Å²) in [4.78, 5) is 27.9. The Hall–Kier alpha value is -4.32. The van der Waals surface area contributed by atoms with E-state index in [9.17, 15) is 14.7 Å². The molecule has 0 radical (unpaired) electrons. The van der Waals surface area contributed by atoms with Gasteiger partial charge < -0.3 is 19.5 Å². The van der Waals surface area contributed by atoms with E-state index in [0.29, 0.717) is 35.8 Å². The van der Waals surface area contributed by atoms with Gasteiger partial charge >= 0.3 is 0 Å². The van der Waals surface area contributed by atoms with Gasteiger partial charge in [0.25, 0.3) is 11.7 Å². The molecule has 0 spiro atoms. The quantitative estimate of drug-likeness (QED) is 0.200. The second-order valence-corrected chi connectivity index (χ2v) is 8.04. The Kier molecular flexibility index (Phi) is 7.31. The van der Waals surface area contributed by atoms with Gasteiger partial charge in [-0.1, -0.05) is 55.1 Å². The maximum atomic E-state index is 13.3. The van der Waals surface area contributed by atoms with E-state index in [1.807, 2.05) is 43.3 Å². The number of benzene rings is 3. The molecule has 0 aliphatic carbocycles. The van der Waals surface area contributed by atoms with Gasteiger partial charge in [-0.25, -0.2) is 0 Å². The number of carbonyl (C=O) groups is 2. The van der Waals surface area contributed by atoms with Crippen LogP contribution in [0.4, 0.5) is 0 Å². The lowest BCUT2D eigenvalue weighted by Crippen LogP contribution is -2.29. The molecule has 1 heterocycles. The van der Waals surface area contributed by atoms with Crippen molar-refractivity contribution in [3.63, 3.8) is 0 Å². The molecular weight excluding hydrogens is 442 g/mol. The predicted octanol–water partition coefficient (Wildman–Crippen LogP) is 5.27. The molecule has 178 valence electrons. The summed E-state index contributed by atoms with van der Waals surface area (Å²) in [5.41, 5.74) is 2.00. The van der Waals surface area contributed by atoms with Crippen LogP contribution in [-0.2, 0) is 16.1 Å². The summed E-state index contributed by atoms with van der Waals surface area (Å²) in [6.07, 6.45) is 1.64. The number of aliphatic hydroxyl groups is 1. The highest BCUT2D eigenvalue weighted by Gasteiger charge is 2.46. The molecule has 1 aliphatic rings. The van der Waals surface area contributed by atoms with Gasteiger partial charge in [0.05, 0.1) is 18.2 Å². The molecule has 3 aromatic rings. The van der Waals surface area contributed by atoms with Gasteiger partial charge in [0, 0.05) is 12.1 Å². The number of nitrogens with zero attached hydrogens (tertiary/aromatic N) is 1. The van der Waals surface area contributed by atoms with E-state index in [4.69, 9.17) is 9.47 Å². The number of likely N-dealkylation sites (tertiary alicyclic amines) is 1. The van der Waals surface area contributed by atoms with Crippen LogP contribution in [0, 0.1) is 0 Å². The fraction of sp³-hybridized carbons (Fsp3) is 0.172. The molecule has 6 heteroatoms. The maximum absolute atomic E-state index is 13.3. The third-order valence-electron chi connectivity index (χ3n) is 5.72. The molecule has 1 saturated heterocycles. The van der Waals surface area contributed by atoms with Crippen LogP contribution < -0.4 is 9.47 Å². The summed E-state index contributed by atoms with van der Waals surface area (Å²) >= 11 is 0. The van der Waals surface area contributed by atoms with Crippen LogP contribution >= 0.6 is 0 Å². The van der Waals surface area contributed by atoms with E-state index in [-0.39, 0.29) is 17.9 Å². The largest absolute Gasteiger partial charge is 0.507 e. The van der Waals surface area contributed by atoms with Crippen molar-refractivity contribution < 1.29 is 24.2 Å². The van der Waals surface area contributed by atoms with Crippen LogP contribution in [0.1, 0.15) is 29.7 Å². The number of carbonyl (C=O) groups excluding carboxylic acids is 2. The Morgan fingerprint density at radius 3 is 2.40 bits per heavy atom. The highest BCUT2D eigenvalue weighted by Crippen LogP contribution is 2.41. The van der Waals surface area contributed by atoms with Gasteiger partial charge in [-0.3, -0.25) is 9.59 Å². The number of ether oxygens (including phenoxy) is 2. The molecule has 1 unspecified atom stereocenters. The normalized spacial score (nSPS) is 16.8. The summed E-state index contributed by atoms with van der Waals surface area (Å²) in [6.45, 7) is 6.60. The molecule has 1 amide bonds. The Labute approximate surface area is 204 Å². The molecule has 3 aromatic carbocycles. The van der Waals surface area contributed by atoms with Crippen LogP contribution in [0.5, 0.6) is 11.5 Å². The standard InChI is InChI=1S/C29H27NO5/c1-3-17-35-24-12-8-11-22(18-24)26-25(27(31)21-13-15-23(16-14-21)34-4-2)28(32)29(33)30(26)19-20-9-6-5-7-10-20/h3,5-16,18,26,31H,1,4,17,19H2,2H3/b27-25-. The Bertz CT molecular complexity index is 1250. The second kappa shape index (κ2) is 10.7. The first-order chi connectivity index (χ1) is 17.0. The van der Waals surface area contributed by atoms with Crippen molar-refractivity contribution in [2.45, 2.75) is 19.5 Å². The number of ketones is 1. The van der Waals surface area contributed by atoms with Crippen LogP contribution in [0.2, 0.25) is 0 Å². The molecule has 6 nitrogen and oxygen atoms in total. The predicted molar refractivity (Wildman–Crippen MR) is 134 cm³/mol. The molecular formula is C29H27NO5. The van der Waals surface area contributed by atoms with Crippen LogP contribution in [0.3, 0.4) is 0 Å². The van der Waals surface area contributed by atoms with Gasteiger partial charge in [-0.2, -0.15) is 0 Å². The Morgan fingerprint density at radius 1 is 0.971 bits per heavy atom. The highest BCUT2D eigenvalue weighted by molar-refractivity contribution is 6.46. The lowest BCUT2D eigenvalue weighted by Gasteiger charge is -2.26. The lowest BCUT2D eigenvalue weighted by atomic mass is 9.95. The lowest BCUT2D eigenvalue weighted by molar-refractivity contribution is -0.140. The molecule has 1 aliphatic heterocycles. The van der Waals surface area contributed by atoms with E-state index in [1.54, 1.807) is 48.5 Å². The summed E-state index contributed by atoms with van der Waals surface area (Å²) in [5.74, 6) is -0.395. The third-order valence-corrected chi connectivity index (χ3v) is 5.72. The average Bonchev–Trinajstić information content (AvgIpc) is 3.13. The highest BCUT2D eigenvalue weighted by atomic mass is 16.5. The van der Waals surface area contributed by atoms with Gasteiger partial charge in [0.2, 0.25) is 0 Å². The second-order valence-electron chi connectivity index (χ2n) is 8.04. The number of hydrogen-bond donors (Lipinski definition) is 1. The van der Waals surface area contributed by atoms with E-state index >= 15 is 0 Å². The number of hydrogen-bond acceptors (Lipinski definition) is 5. The summed E-state index contributed by atoms with van der Waals surface area (Å²) in [5, 5.41) is 11.3. The van der Waals surface area contributed by atoms with Crippen LogP contribution in [-0.4, -0.2) is 34.9 Å². The van der Waals surface area contributed by atoms with Crippen molar-refractivity contribution in [1.82, 2.24) is 4.90 Å². The van der Waals surface area contributed by atoms with Crippen molar-refractivity contribution in [3.05, 3.63) is 114 Å². The number of amides is 1. The van der Waals surface area contributed by atoms with E-state index in [0.717, 1.165) is 5.56 Å². The first-order valence-electron chi connectivity index (χ1n) is 11.4. The summed E-state index contributed by atoms with van der Waals surface area (Å²) in [7, 11) is 0. The Morgan fingerprint density at radius 2 is 1.71 bits per heavy atom. The molecule has 0 bridgehead atoms. The molecule has 1 N–H and O–H groups in total. The van der Waals surface area contributed by atoms with Crippen molar-refractivity contribution in [1.29, 1.82) is 0 Å². The molecule has 1 atom stereocenters. The van der Waals surface area contributed by atoms with Crippen molar-refractivity contribution in [3.8, 4) is 11.5 Å². The van der Waals surface area contributed by atoms with E-state index in [1.165, 1.54) is 4.90 Å². The third kappa shape index (κ3) is 5.11. The minimum Gasteiger partial charge on any atom is -0.507 e. The monoisotopic (exact) mass is 469 g/mol. The van der Waals surface area contributed by atoms with Gasteiger partial charge in [0.1, 0.15) is 23.9 Å². The van der Waals surface area contributed by atoms with Gasteiger partial charge in [0.15, 0.2) is 0 Å². The smallest absolute Gasteiger partial charge is 0.295 e. The zero-order valence-corrected chi connectivity index (χ0v) is 19.5. The van der Waals surface area contributed by atoms with Crippen molar-refractivity contribution in [2.75, 3.05) is 13.2 Å². The zero-order valence-electron chi connectivity index (χ0n) is 19.5. The fourth-order valence-corrected chi connectivity index (χ4v) is 4.13. The van der Waals surface area contributed by atoms with E-state index in [2.05, 4.69) is 6.58 Å². The Balaban J connectivity index is 1.81. The van der Waals surface area contributed by atoms with Crippen LogP contribution in [0.25, 0.3) is 5.76 Å². The number of rotatable bonds is 9. The van der Waals surface area contributed by atoms with Crippen molar-refractivity contribution >= 4 is 17.4 Å². The van der Waals surface area contributed by atoms with Gasteiger partial charge in [-0.05, 0) is 54.4 Å². The first kappa shape index (κ1) is 23.8. The molecule has 35 heavy (non-hydrogen) atoms. The average molecular weight is 470 g/mol. The fourth-order valence-electron chi connectivity index (χ4n) is 4.13. The first-order valence-corrected chi connectivity index (χ1v) is 11.4. The summed E-state index contributed by atoms with van der Waals surface area (Å²) in [6, 6.07) is 22.6. The topological polar surface area (TPSA) is 76.1 Å². The molecule has 1 fully saturated rings. The van der Waals surface area contributed by atoms with E-state index < -0.39 is 17.7 Å². The zero-order chi connectivity index (χ0) is 24.8. The van der Waals surface area contributed by atoms with Gasteiger partial charge in [-0.15, -0.1) is 0 Å². The summed E-state index contributed by atoms with van der Waals surface area (Å²) < 4.78 is 11.2.